The summed E-state index contributed by atoms with van der Waals surface area (Å²) in [6, 6.07) is 11.0. The summed E-state index contributed by atoms with van der Waals surface area (Å²) in [6.07, 6.45) is 1.68. The van der Waals surface area contributed by atoms with Gasteiger partial charge in [-0.3, -0.25) is 0 Å². The molecule has 0 aliphatic rings. The van der Waals surface area contributed by atoms with Crippen molar-refractivity contribution in [2.75, 3.05) is 0 Å². The molecule has 0 amide bonds. The average Bonchev–Trinajstić information content (AvgIpc) is 2.38. The maximum absolute atomic E-state index is 10.1. The quantitative estimate of drug-likeness (QED) is 0.857. The van der Waals surface area contributed by atoms with Gasteiger partial charge in [-0.1, -0.05) is 32.0 Å². The van der Waals surface area contributed by atoms with Crippen LogP contribution in [0.25, 0.3) is 11.1 Å². The van der Waals surface area contributed by atoms with E-state index in [2.05, 4.69) is 13.0 Å². The van der Waals surface area contributed by atoms with Crippen LogP contribution in [0.4, 0.5) is 0 Å². The zero-order valence-electron chi connectivity index (χ0n) is 10.8. The summed E-state index contributed by atoms with van der Waals surface area (Å²) in [6.45, 7) is 4.10. The average molecular weight is 242 g/mol. The normalized spacial score (nSPS) is 10.6. The van der Waals surface area contributed by atoms with E-state index in [4.69, 9.17) is 0 Å². The Kier molecular flexibility index (Phi) is 3.56. The predicted molar refractivity (Wildman–Crippen MR) is 74.0 cm³/mol. The van der Waals surface area contributed by atoms with Gasteiger partial charge in [0.05, 0.1) is 0 Å². The molecule has 2 aromatic rings. The van der Waals surface area contributed by atoms with E-state index < -0.39 is 0 Å². The molecule has 0 radical (unpaired) electrons. The maximum atomic E-state index is 10.1. The van der Waals surface area contributed by atoms with Crippen molar-refractivity contribution in [2.45, 2.75) is 26.7 Å². The summed E-state index contributed by atoms with van der Waals surface area (Å²) in [4.78, 5) is 0. The van der Waals surface area contributed by atoms with E-state index in [1.54, 1.807) is 12.1 Å². The SMILES string of the molecule is CCc1cc(O)c(CC)c(-c2ccc(O)cc2)c1. The third-order valence-corrected chi connectivity index (χ3v) is 3.23. The van der Waals surface area contributed by atoms with Crippen LogP contribution in [0.1, 0.15) is 25.0 Å². The van der Waals surface area contributed by atoms with Crippen LogP contribution in [-0.2, 0) is 12.8 Å². The van der Waals surface area contributed by atoms with Gasteiger partial charge in [-0.25, -0.2) is 0 Å². The Morgan fingerprint density at radius 2 is 1.56 bits per heavy atom. The lowest BCUT2D eigenvalue weighted by molar-refractivity contribution is 0.468. The van der Waals surface area contributed by atoms with Gasteiger partial charge in [0.1, 0.15) is 11.5 Å². The summed E-state index contributed by atoms with van der Waals surface area (Å²) in [5.74, 6) is 0.618. The van der Waals surface area contributed by atoms with Crippen LogP contribution < -0.4 is 0 Å². The fourth-order valence-electron chi connectivity index (χ4n) is 2.19. The Labute approximate surface area is 108 Å². The molecular weight excluding hydrogens is 224 g/mol. The minimum absolute atomic E-state index is 0.257. The van der Waals surface area contributed by atoms with E-state index in [0.717, 1.165) is 35.1 Å². The first-order chi connectivity index (χ1) is 8.65. The molecule has 2 rings (SSSR count). The molecule has 0 saturated carbocycles. The van der Waals surface area contributed by atoms with Crippen molar-refractivity contribution in [3.05, 3.63) is 47.5 Å². The second-order valence-electron chi connectivity index (χ2n) is 4.40. The summed E-state index contributed by atoms with van der Waals surface area (Å²) >= 11 is 0. The lowest BCUT2D eigenvalue weighted by Gasteiger charge is -2.12. The first kappa shape index (κ1) is 12.5. The second-order valence-corrected chi connectivity index (χ2v) is 4.40. The molecule has 0 fully saturated rings. The molecule has 0 heterocycles. The number of rotatable bonds is 3. The number of phenols is 2. The summed E-state index contributed by atoms with van der Waals surface area (Å²) in [7, 11) is 0. The van der Waals surface area contributed by atoms with Gasteiger partial charge >= 0.3 is 0 Å². The van der Waals surface area contributed by atoms with Gasteiger partial charge in [-0.05, 0) is 47.7 Å². The van der Waals surface area contributed by atoms with Crippen molar-refractivity contribution in [2.24, 2.45) is 0 Å². The van der Waals surface area contributed by atoms with Gasteiger partial charge in [0.15, 0.2) is 0 Å². The molecule has 0 aliphatic heterocycles. The molecule has 18 heavy (non-hydrogen) atoms. The van der Waals surface area contributed by atoms with E-state index in [1.807, 2.05) is 25.1 Å². The zero-order chi connectivity index (χ0) is 13.1. The molecule has 0 saturated heterocycles. The smallest absolute Gasteiger partial charge is 0.119 e. The number of hydrogen-bond donors (Lipinski definition) is 2. The molecule has 2 nitrogen and oxygen atoms in total. The van der Waals surface area contributed by atoms with E-state index >= 15 is 0 Å². The minimum Gasteiger partial charge on any atom is -0.508 e. The van der Waals surface area contributed by atoms with Crippen LogP contribution >= 0.6 is 0 Å². The molecule has 0 aromatic heterocycles. The molecule has 0 atom stereocenters. The molecule has 94 valence electrons. The number of aryl methyl sites for hydroxylation is 1. The fraction of sp³-hybridized carbons (Fsp3) is 0.250. The van der Waals surface area contributed by atoms with Crippen molar-refractivity contribution >= 4 is 0 Å². The second kappa shape index (κ2) is 5.13. The molecule has 0 bridgehead atoms. The number of aromatic hydroxyl groups is 2. The Bertz CT molecular complexity index is 542. The van der Waals surface area contributed by atoms with Crippen LogP contribution in [0.5, 0.6) is 11.5 Å². The van der Waals surface area contributed by atoms with Gasteiger partial charge in [0.25, 0.3) is 0 Å². The van der Waals surface area contributed by atoms with Gasteiger partial charge in [-0.2, -0.15) is 0 Å². The monoisotopic (exact) mass is 242 g/mol. The van der Waals surface area contributed by atoms with E-state index in [-0.39, 0.29) is 5.75 Å². The highest BCUT2D eigenvalue weighted by Crippen LogP contribution is 2.33. The molecule has 2 aromatic carbocycles. The van der Waals surface area contributed by atoms with E-state index in [1.165, 1.54) is 0 Å². The molecule has 2 N–H and O–H groups in total. The van der Waals surface area contributed by atoms with Crippen molar-refractivity contribution in [1.29, 1.82) is 0 Å². The van der Waals surface area contributed by atoms with Crippen molar-refractivity contribution < 1.29 is 10.2 Å². The lowest BCUT2D eigenvalue weighted by atomic mass is 9.94. The van der Waals surface area contributed by atoms with Gasteiger partial charge < -0.3 is 10.2 Å². The number of phenolic OH excluding ortho intramolecular Hbond substituents is 2. The first-order valence-corrected chi connectivity index (χ1v) is 6.29. The van der Waals surface area contributed by atoms with Crippen LogP contribution in [0.3, 0.4) is 0 Å². The molecule has 0 spiro atoms. The Morgan fingerprint density at radius 3 is 2.11 bits per heavy atom. The molecule has 2 heteroatoms. The van der Waals surface area contributed by atoms with Crippen LogP contribution in [0.15, 0.2) is 36.4 Å². The summed E-state index contributed by atoms with van der Waals surface area (Å²) < 4.78 is 0. The largest absolute Gasteiger partial charge is 0.508 e. The molecule has 0 unspecified atom stereocenters. The third-order valence-electron chi connectivity index (χ3n) is 3.23. The fourth-order valence-corrected chi connectivity index (χ4v) is 2.19. The summed E-state index contributed by atoms with van der Waals surface area (Å²) in [5.41, 5.74) is 4.15. The highest BCUT2D eigenvalue weighted by Gasteiger charge is 2.10. The minimum atomic E-state index is 0.257. The number of benzene rings is 2. The van der Waals surface area contributed by atoms with Crippen LogP contribution in [0, 0.1) is 0 Å². The lowest BCUT2D eigenvalue weighted by Crippen LogP contribution is -1.92. The van der Waals surface area contributed by atoms with Gasteiger partial charge in [-0.15, -0.1) is 0 Å². The summed E-state index contributed by atoms with van der Waals surface area (Å²) in [5, 5.41) is 19.4. The zero-order valence-corrected chi connectivity index (χ0v) is 10.8. The van der Waals surface area contributed by atoms with Gasteiger partial charge in [0.2, 0.25) is 0 Å². The highest BCUT2D eigenvalue weighted by atomic mass is 16.3. The molecule has 0 aliphatic carbocycles. The first-order valence-electron chi connectivity index (χ1n) is 6.29. The topological polar surface area (TPSA) is 40.5 Å². The standard InChI is InChI=1S/C16H18O2/c1-3-11-9-15(14(4-2)16(18)10-11)12-5-7-13(17)8-6-12/h5-10,17-18H,3-4H2,1-2H3. The maximum Gasteiger partial charge on any atom is 0.119 e. The van der Waals surface area contributed by atoms with Crippen molar-refractivity contribution in [3.8, 4) is 22.6 Å². The predicted octanol–water partition coefficient (Wildman–Crippen LogP) is 3.89. The Balaban J connectivity index is 2.60. The number of hydrogen-bond acceptors (Lipinski definition) is 2. The van der Waals surface area contributed by atoms with E-state index in [0.29, 0.717) is 5.75 Å². The van der Waals surface area contributed by atoms with Crippen LogP contribution in [-0.4, -0.2) is 10.2 Å². The van der Waals surface area contributed by atoms with E-state index in [9.17, 15) is 10.2 Å². The Hall–Kier alpha value is -1.96. The van der Waals surface area contributed by atoms with Gasteiger partial charge in [0, 0.05) is 5.56 Å². The van der Waals surface area contributed by atoms with Crippen LogP contribution in [0.2, 0.25) is 0 Å². The third kappa shape index (κ3) is 2.33. The highest BCUT2D eigenvalue weighted by molar-refractivity contribution is 5.71. The van der Waals surface area contributed by atoms with Crippen molar-refractivity contribution in [1.82, 2.24) is 0 Å². The van der Waals surface area contributed by atoms with Crippen molar-refractivity contribution in [3.63, 3.8) is 0 Å². The molecular formula is C16H18O2. The Morgan fingerprint density at radius 1 is 0.889 bits per heavy atom.